The van der Waals surface area contributed by atoms with Crippen LogP contribution in [0.4, 0.5) is 10.2 Å². The van der Waals surface area contributed by atoms with Crippen LogP contribution >= 0.6 is 0 Å². The van der Waals surface area contributed by atoms with E-state index in [0.717, 1.165) is 13.1 Å². The van der Waals surface area contributed by atoms with Crippen LogP contribution in [-0.4, -0.2) is 29.7 Å². The zero-order chi connectivity index (χ0) is 14.5. The Kier molecular flexibility index (Phi) is 4.78. The monoisotopic (exact) mass is 277 g/mol. The zero-order valence-electron chi connectivity index (χ0n) is 12.2. The van der Waals surface area contributed by atoms with Crippen LogP contribution < -0.4 is 9.64 Å². The maximum absolute atomic E-state index is 14.4. The average molecular weight is 277 g/mol. The highest BCUT2D eigenvalue weighted by atomic mass is 19.1. The second-order valence-electron chi connectivity index (χ2n) is 5.38. The van der Waals surface area contributed by atoms with Crippen molar-refractivity contribution >= 4 is 5.82 Å². The van der Waals surface area contributed by atoms with E-state index in [9.17, 15) is 4.39 Å². The Morgan fingerprint density at radius 1 is 1.35 bits per heavy atom. The van der Waals surface area contributed by atoms with Gasteiger partial charge in [0.05, 0.1) is 0 Å². The van der Waals surface area contributed by atoms with Crippen molar-refractivity contribution in [1.29, 1.82) is 0 Å². The predicted molar refractivity (Wildman–Crippen MR) is 76.1 cm³/mol. The summed E-state index contributed by atoms with van der Waals surface area (Å²) >= 11 is 0. The number of hydrogen-bond acceptors (Lipinski definition) is 4. The van der Waals surface area contributed by atoms with Crippen LogP contribution in [0.3, 0.4) is 0 Å². The molecule has 5 heteroatoms. The van der Waals surface area contributed by atoms with Gasteiger partial charge in [0.1, 0.15) is 6.33 Å². The van der Waals surface area contributed by atoms with E-state index in [1.54, 1.807) is 6.92 Å². The quantitative estimate of drug-likeness (QED) is 0.796. The van der Waals surface area contributed by atoms with Gasteiger partial charge < -0.3 is 9.64 Å². The zero-order valence-corrected chi connectivity index (χ0v) is 12.2. The van der Waals surface area contributed by atoms with E-state index >= 15 is 0 Å². The molecule has 0 aliphatic carbocycles. The smallest absolute Gasteiger partial charge is 0.256 e. The number of hydrogen-bond donors (Lipinski definition) is 0. The van der Waals surface area contributed by atoms with Crippen molar-refractivity contribution in [3.8, 4) is 17.7 Å². The molecule has 2 atom stereocenters. The lowest BCUT2D eigenvalue weighted by Gasteiger charge is -2.35. The van der Waals surface area contributed by atoms with Crippen molar-refractivity contribution < 1.29 is 9.13 Å². The number of rotatable bonds is 3. The third kappa shape index (κ3) is 3.38. The van der Waals surface area contributed by atoms with Crippen molar-refractivity contribution in [2.75, 3.05) is 24.6 Å². The molecule has 0 saturated carbocycles. The lowest BCUT2D eigenvalue weighted by Crippen LogP contribution is -2.39. The molecule has 1 saturated heterocycles. The van der Waals surface area contributed by atoms with Gasteiger partial charge in [0.15, 0.2) is 12.4 Å². The normalized spacial score (nSPS) is 22.1. The second-order valence-corrected chi connectivity index (χ2v) is 5.38. The van der Waals surface area contributed by atoms with Crippen LogP contribution in [0.15, 0.2) is 6.33 Å². The summed E-state index contributed by atoms with van der Waals surface area (Å²) < 4.78 is 19.6. The molecule has 0 amide bonds. The summed E-state index contributed by atoms with van der Waals surface area (Å²) in [4.78, 5) is 9.90. The number of piperidine rings is 1. The molecule has 0 spiro atoms. The van der Waals surface area contributed by atoms with E-state index in [-0.39, 0.29) is 12.5 Å². The molecule has 1 aliphatic rings. The Labute approximate surface area is 119 Å². The fraction of sp³-hybridized carbons (Fsp3) is 0.600. The van der Waals surface area contributed by atoms with Crippen LogP contribution in [-0.2, 0) is 0 Å². The Morgan fingerprint density at radius 3 is 2.70 bits per heavy atom. The molecular formula is C15H20FN3O. The number of halogens is 1. The molecule has 0 unspecified atom stereocenters. The highest BCUT2D eigenvalue weighted by Crippen LogP contribution is 2.29. The van der Waals surface area contributed by atoms with E-state index < -0.39 is 5.82 Å². The van der Waals surface area contributed by atoms with Gasteiger partial charge in [-0.05, 0) is 25.2 Å². The molecule has 1 aromatic heterocycles. The number of anilines is 1. The minimum absolute atomic E-state index is 0.0244. The topological polar surface area (TPSA) is 38.3 Å². The molecule has 0 radical (unpaired) electrons. The van der Waals surface area contributed by atoms with Gasteiger partial charge in [0.2, 0.25) is 5.82 Å². The Balaban J connectivity index is 2.18. The first-order chi connectivity index (χ1) is 9.61. The molecule has 0 aromatic carbocycles. The highest BCUT2D eigenvalue weighted by Gasteiger charge is 2.26. The van der Waals surface area contributed by atoms with E-state index in [2.05, 4.69) is 35.7 Å². The molecule has 2 rings (SSSR count). The molecule has 20 heavy (non-hydrogen) atoms. The maximum atomic E-state index is 14.4. The molecular weight excluding hydrogens is 257 g/mol. The molecule has 2 heterocycles. The number of aromatic nitrogens is 2. The van der Waals surface area contributed by atoms with E-state index in [4.69, 9.17) is 4.74 Å². The molecule has 1 aliphatic heterocycles. The van der Waals surface area contributed by atoms with E-state index in [0.29, 0.717) is 17.7 Å². The summed E-state index contributed by atoms with van der Waals surface area (Å²) in [7, 11) is 0. The summed E-state index contributed by atoms with van der Waals surface area (Å²) in [6.07, 6.45) is 2.51. The molecule has 1 fully saturated rings. The Hall–Kier alpha value is -1.83. The predicted octanol–water partition coefficient (Wildman–Crippen LogP) is 2.50. The van der Waals surface area contributed by atoms with Gasteiger partial charge in [-0.25, -0.2) is 4.98 Å². The summed E-state index contributed by atoms with van der Waals surface area (Å²) in [5.41, 5.74) is 0. The maximum Gasteiger partial charge on any atom is 0.256 e. The van der Waals surface area contributed by atoms with Crippen molar-refractivity contribution in [2.45, 2.75) is 27.2 Å². The van der Waals surface area contributed by atoms with Crippen molar-refractivity contribution in [3.63, 3.8) is 0 Å². The number of nitrogens with zero attached hydrogens (tertiary/aromatic N) is 3. The first-order valence-corrected chi connectivity index (χ1v) is 6.89. The highest BCUT2D eigenvalue weighted by molar-refractivity contribution is 5.43. The third-order valence-electron chi connectivity index (χ3n) is 3.37. The largest absolute Gasteiger partial charge is 0.462 e. The minimum atomic E-state index is -0.494. The van der Waals surface area contributed by atoms with E-state index in [1.165, 1.54) is 12.7 Å². The van der Waals surface area contributed by atoms with Crippen molar-refractivity contribution in [1.82, 2.24) is 9.97 Å². The van der Waals surface area contributed by atoms with Crippen molar-refractivity contribution in [3.05, 3.63) is 12.1 Å². The van der Waals surface area contributed by atoms with E-state index in [1.807, 2.05) is 4.90 Å². The molecule has 1 aromatic rings. The van der Waals surface area contributed by atoms with Gasteiger partial charge in [-0.3, -0.25) is 0 Å². The van der Waals surface area contributed by atoms with Crippen LogP contribution in [0.2, 0.25) is 0 Å². The minimum Gasteiger partial charge on any atom is -0.462 e. The summed E-state index contributed by atoms with van der Waals surface area (Å²) in [6, 6.07) is 0. The second kappa shape index (κ2) is 6.56. The van der Waals surface area contributed by atoms with Crippen LogP contribution in [0, 0.1) is 29.5 Å². The lowest BCUT2D eigenvalue weighted by molar-refractivity contribution is 0.325. The Morgan fingerprint density at radius 2 is 2.05 bits per heavy atom. The fourth-order valence-corrected chi connectivity index (χ4v) is 2.68. The Bertz CT molecular complexity index is 514. The molecule has 108 valence electrons. The van der Waals surface area contributed by atoms with Gasteiger partial charge in [0, 0.05) is 13.1 Å². The lowest BCUT2D eigenvalue weighted by atomic mass is 9.92. The summed E-state index contributed by atoms with van der Waals surface area (Å²) in [5.74, 6) is 6.29. The SMILES string of the molecule is CC#CCOc1ncnc(N2C[C@H](C)C[C@@H](C)C2)c1F. The van der Waals surface area contributed by atoms with Gasteiger partial charge >= 0.3 is 0 Å². The molecule has 0 N–H and O–H groups in total. The number of ether oxygens (including phenoxy) is 1. The first-order valence-electron chi connectivity index (χ1n) is 6.89. The van der Waals surface area contributed by atoms with Gasteiger partial charge in [-0.1, -0.05) is 19.8 Å². The molecule has 4 nitrogen and oxygen atoms in total. The van der Waals surface area contributed by atoms with Gasteiger partial charge in [0.25, 0.3) is 5.88 Å². The molecule has 0 bridgehead atoms. The van der Waals surface area contributed by atoms with Crippen molar-refractivity contribution in [2.24, 2.45) is 11.8 Å². The fourth-order valence-electron chi connectivity index (χ4n) is 2.68. The van der Waals surface area contributed by atoms with Crippen LogP contribution in [0.1, 0.15) is 27.2 Å². The van der Waals surface area contributed by atoms with Gasteiger partial charge in [-0.2, -0.15) is 9.37 Å². The summed E-state index contributed by atoms with van der Waals surface area (Å²) in [6.45, 7) is 7.82. The average Bonchev–Trinajstić information content (AvgIpc) is 2.40. The van der Waals surface area contributed by atoms with Crippen LogP contribution in [0.25, 0.3) is 0 Å². The third-order valence-corrected chi connectivity index (χ3v) is 3.37. The van der Waals surface area contributed by atoms with Gasteiger partial charge in [-0.15, -0.1) is 5.92 Å². The van der Waals surface area contributed by atoms with Crippen LogP contribution in [0.5, 0.6) is 5.88 Å². The standard InChI is InChI=1S/C15H20FN3O/c1-4-5-6-20-15-13(16)14(17-10-18-15)19-8-11(2)7-12(3)9-19/h10-12H,6-9H2,1-3H3/t11-,12-/m1/s1. The first kappa shape index (κ1) is 14.6. The summed E-state index contributed by atoms with van der Waals surface area (Å²) in [5, 5.41) is 0.